The molecule has 1 rings (SSSR count). The maximum absolute atomic E-state index is 4.97. The van der Waals surface area contributed by atoms with Gasteiger partial charge in [-0.25, -0.2) is 0 Å². The Balaban J connectivity index is 0. The SMILES string of the molecule is C=C.C=C(/C=C\C)C1CO1.CC. The number of epoxide rings is 1. The lowest BCUT2D eigenvalue weighted by Gasteiger charge is -1.86. The van der Waals surface area contributed by atoms with Gasteiger partial charge in [0.2, 0.25) is 0 Å². The quantitative estimate of drug-likeness (QED) is 0.350. The predicted molar refractivity (Wildman–Crippen MR) is 56.3 cm³/mol. The average Bonchev–Trinajstić information content (AvgIpc) is 2.95. The molecule has 1 atom stereocenters. The maximum Gasteiger partial charge on any atom is 0.105 e. The van der Waals surface area contributed by atoms with E-state index in [0.29, 0.717) is 6.10 Å². The molecule has 0 aromatic heterocycles. The average molecular weight is 168 g/mol. The van der Waals surface area contributed by atoms with E-state index in [-0.39, 0.29) is 0 Å². The minimum absolute atomic E-state index is 0.339. The van der Waals surface area contributed by atoms with E-state index in [1.165, 1.54) is 0 Å². The molecule has 12 heavy (non-hydrogen) atoms. The smallest absolute Gasteiger partial charge is 0.105 e. The zero-order chi connectivity index (χ0) is 9.98. The summed E-state index contributed by atoms with van der Waals surface area (Å²) in [5.41, 5.74) is 1.09. The van der Waals surface area contributed by atoms with Crippen molar-refractivity contribution in [3.05, 3.63) is 37.5 Å². The lowest BCUT2D eigenvalue weighted by molar-refractivity contribution is 0.435. The van der Waals surface area contributed by atoms with Crippen molar-refractivity contribution >= 4 is 0 Å². The van der Waals surface area contributed by atoms with Crippen molar-refractivity contribution in [3.8, 4) is 0 Å². The molecule has 1 fully saturated rings. The van der Waals surface area contributed by atoms with Crippen LogP contribution in [0.2, 0.25) is 0 Å². The first kappa shape index (κ1) is 13.7. The van der Waals surface area contributed by atoms with Gasteiger partial charge in [0.25, 0.3) is 0 Å². The van der Waals surface area contributed by atoms with Gasteiger partial charge in [0.15, 0.2) is 0 Å². The number of rotatable bonds is 2. The van der Waals surface area contributed by atoms with Crippen LogP contribution >= 0.6 is 0 Å². The molecule has 1 heteroatoms. The van der Waals surface area contributed by atoms with Gasteiger partial charge in [-0.3, -0.25) is 0 Å². The third kappa shape index (κ3) is 7.29. The molecule has 0 aromatic rings. The van der Waals surface area contributed by atoms with E-state index in [1.807, 2.05) is 32.9 Å². The minimum atomic E-state index is 0.339. The van der Waals surface area contributed by atoms with Crippen LogP contribution in [0, 0.1) is 0 Å². The Morgan fingerprint density at radius 2 is 1.83 bits per heavy atom. The van der Waals surface area contributed by atoms with Crippen LogP contribution in [0.15, 0.2) is 37.5 Å². The fraction of sp³-hybridized carbons (Fsp3) is 0.455. The fourth-order valence-electron chi connectivity index (χ4n) is 0.584. The van der Waals surface area contributed by atoms with E-state index < -0.39 is 0 Å². The summed E-state index contributed by atoms with van der Waals surface area (Å²) in [6.07, 6.45) is 4.30. The molecule has 1 aliphatic heterocycles. The van der Waals surface area contributed by atoms with E-state index in [9.17, 15) is 0 Å². The Labute approximate surface area is 76.4 Å². The summed E-state index contributed by atoms with van der Waals surface area (Å²) in [4.78, 5) is 0. The second-order valence-electron chi connectivity index (χ2n) is 1.90. The summed E-state index contributed by atoms with van der Waals surface area (Å²) in [6.45, 7) is 16.6. The van der Waals surface area contributed by atoms with Gasteiger partial charge >= 0.3 is 0 Å². The van der Waals surface area contributed by atoms with Crippen LogP contribution in [-0.2, 0) is 4.74 Å². The molecule has 0 amide bonds. The molecule has 0 aromatic carbocycles. The first-order valence-corrected chi connectivity index (χ1v) is 4.27. The van der Waals surface area contributed by atoms with Crippen LogP contribution in [0.4, 0.5) is 0 Å². The molecular formula is C11H20O. The summed E-state index contributed by atoms with van der Waals surface area (Å²) in [5, 5.41) is 0. The maximum atomic E-state index is 4.97. The number of ether oxygens (including phenoxy) is 1. The monoisotopic (exact) mass is 168 g/mol. The number of allylic oxidation sites excluding steroid dienone is 1. The Kier molecular flexibility index (Phi) is 11.7. The summed E-state index contributed by atoms with van der Waals surface area (Å²) in [7, 11) is 0. The van der Waals surface area contributed by atoms with E-state index in [0.717, 1.165) is 12.2 Å². The van der Waals surface area contributed by atoms with Gasteiger partial charge in [-0.1, -0.05) is 32.6 Å². The molecule has 1 unspecified atom stereocenters. The van der Waals surface area contributed by atoms with Crippen LogP contribution < -0.4 is 0 Å². The van der Waals surface area contributed by atoms with Crippen LogP contribution in [-0.4, -0.2) is 12.7 Å². The van der Waals surface area contributed by atoms with Gasteiger partial charge in [-0.2, -0.15) is 0 Å². The summed E-state index contributed by atoms with van der Waals surface area (Å²) >= 11 is 0. The first-order chi connectivity index (χ1) is 5.84. The predicted octanol–water partition coefficient (Wildman–Crippen LogP) is 3.35. The number of hydrogen-bond donors (Lipinski definition) is 0. The molecule has 0 spiro atoms. The van der Waals surface area contributed by atoms with E-state index >= 15 is 0 Å². The van der Waals surface area contributed by atoms with Crippen molar-refractivity contribution in [3.63, 3.8) is 0 Å². The topological polar surface area (TPSA) is 12.5 Å². The van der Waals surface area contributed by atoms with Crippen molar-refractivity contribution in [1.82, 2.24) is 0 Å². The van der Waals surface area contributed by atoms with Gasteiger partial charge in [-0.05, 0) is 12.5 Å². The second kappa shape index (κ2) is 10.2. The highest BCUT2D eigenvalue weighted by Crippen LogP contribution is 2.18. The molecule has 0 N–H and O–H groups in total. The molecule has 0 saturated carbocycles. The molecule has 70 valence electrons. The fourth-order valence-corrected chi connectivity index (χ4v) is 0.584. The van der Waals surface area contributed by atoms with Crippen molar-refractivity contribution in [2.24, 2.45) is 0 Å². The van der Waals surface area contributed by atoms with Crippen molar-refractivity contribution in [2.45, 2.75) is 26.9 Å². The summed E-state index contributed by atoms with van der Waals surface area (Å²) in [5.74, 6) is 0. The highest BCUT2D eigenvalue weighted by Gasteiger charge is 2.23. The molecule has 0 bridgehead atoms. The standard InChI is InChI=1S/C7H10O.C2H6.C2H4/c1-3-4-6(2)7-5-8-7;2*1-2/h3-4,7H,2,5H2,1H3;1-2H3;1-2H2/b4-3-;;. The lowest BCUT2D eigenvalue weighted by Crippen LogP contribution is -1.83. The van der Waals surface area contributed by atoms with Crippen molar-refractivity contribution in [1.29, 1.82) is 0 Å². The normalized spacial score (nSPS) is 18.4. The second-order valence-corrected chi connectivity index (χ2v) is 1.90. The van der Waals surface area contributed by atoms with Gasteiger partial charge in [0.05, 0.1) is 6.61 Å². The van der Waals surface area contributed by atoms with Gasteiger partial charge < -0.3 is 4.74 Å². The summed E-state index contributed by atoms with van der Waals surface area (Å²) in [6, 6.07) is 0. The van der Waals surface area contributed by atoms with Crippen LogP contribution in [0.3, 0.4) is 0 Å². The third-order valence-corrected chi connectivity index (χ3v) is 1.13. The van der Waals surface area contributed by atoms with Gasteiger partial charge in [-0.15, -0.1) is 13.2 Å². The highest BCUT2D eigenvalue weighted by molar-refractivity contribution is 5.21. The van der Waals surface area contributed by atoms with Crippen molar-refractivity contribution in [2.75, 3.05) is 6.61 Å². The molecule has 0 aliphatic carbocycles. The van der Waals surface area contributed by atoms with Crippen LogP contribution in [0.5, 0.6) is 0 Å². The third-order valence-electron chi connectivity index (χ3n) is 1.13. The molecule has 1 saturated heterocycles. The lowest BCUT2D eigenvalue weighted by atomic mass is 10.2. The molecule has 0 radical (unpaired) electrons. The number of hydrogen-bond acceptors (Lipinski definition) is 1. The molecular weight excluding hydrogens is 148 g/mol. The van der Waals surface area contributed by atoms with Gasteiger partial charge in [0, 0.05) is 0 Å². The molecule has 1 heterocycles. The minimum Gasteiger partial charge on any atom is -0.368 e. The molecule has 1 nitrogen and oxygen atoms in total. The summed E-state index contributed by atoms with van der Waals surface area (Å²) < 4.78 is 4.97. The Morgan fingerprint density at radius 1 is 1.42 bits per heavy atom. The highest BCUT2D eigenvalue weighted by atomic mass is 16.6. The van der Waals surface area contributed by atoms with Crippen LogP contribution in [0.1, 0.15) is 20.8 Å². The molecule has 1 aliphatic rings. The van der Waals surface area contributed by atoms with E-state index in [1.54, 1.807) is 0 Å². The largest absolute Gasteiger partial charge is 0.368 e. The Hall–Kier alpha value is -0.820. The van der Waals surface area contributed by atoms with E-state index in [4.69, 9.17) is 4.74 Å². The first-order valence-electron chi connectivity index (χ1n) is 4.27. The van der Waals surface area contributed by atoms with Crippen LogP contribution in [0.25, 0.3) is 0 Å². The Bertz CT molecular complexity index is 132. The van der Waals surface area contributed by atoms with E-state index in [2.05, 4.69) is 19.7 Å². The van der Waals surface area contributed by atoms with Crippen molar-refractivity contribution < 1.29 is 4.74 Å². The zero-order valence-corrected chi connectivity index (χ0v) is 8.47. The van der Waals surface area contributed by atoms with Gasteiger partial charge in [0.1, 0.15) is 6.10 Å². The Morgan fingerprint density at radius 3 is 2.08 bits per heavy atom. The zero-order valence-electron chi connectivity index (χ0n) is 8.47.